The van der Waals surface area contributed by atoms with E-state index >= 15 is 0 Å². The quantitative estimate of drug-likeness (QED) is 0.638. The average molecular weight is 449 g/mol. The van der Waals surface area contributed by atoms with Crippen LogP contribution in [0.15, 0.2) is 30.6 Å². The number of rotatable bonds is 5. The van der Waals surface area contributed by atoms with Crippen LogP contribution in [0.1, 0.15) is 67.3 Å². The van der Waals surface area contributed by atoms with Gasteiger partial charge in [0.05, 0.1) is 42.9 Å². The largest absolute Gasteiger partial charge is 0.479 e. The van der Waals surface area contributed by atoms with Crippen molar-refractivity contribution in [3.05, 3.63) is 42.0 Å². The molecule has 6 heterocycles. The summed E-state index contributed by atoms with van der Waals surface area (Å²) in [5, 5.41) is 7.49. The maximum absolute atomic E-state index is 13.1. The monoisotopic (exact) mass is 448 g/mol. The fourth-order valence-corrected chi connectivity index (χ4v) is 5.48. The SMILES string of the molecule is COc1nn(C2C[C@H]3CC[C@@H](C2)O3)cc1C(=O)Nc1cccc(-c2cnc3n2[C@@H](C)CC3)n1. The zero-order chi connectivity index (χ0) is 22.5. The number of carbonyl (C=O) groups excluding carboxylic acids is 1. The number of hydrogen-bond acceptors (Lipinski definition) is 6. The van der Waals surface area contributed by atoms with Crippen LogP contribution in [0.4, 0.5) is 5.82 Å². The van der Waals surface area contributed by atoms with Crippen LogP contribution >= 0.6 is 0 Å². The molecule has 2 bridgehead atoms. The predicted octanol–water partition coefficient (Wildman–Crippen LogP) is 3.79. The Hall–Kier alpha value is -3.20. The number of imidazole rings is 1. The Morgan fingerprint density at radius 1 is 1.21 bits per heavy atom. The molecule has 0 spiro atoms. The highest BCUT2D eigenvalue weighted by atomic mass is 16.5. The van der Waals surface area contributed by atoms with Gasteiger partial charge in [0.2, 0.25) is 5.88 Å². The number of fused-ring (bicyclic) bond motifs is 3. The molecular weight excluding hydrogens is 420 g/mol. The molecule has 6 rings (SSSR count). The number of hydrogen-bond donors (Lipinski definition) is 1. The lowest BCUT2D eigenvalue weighted by Gasteiger charge is -2.28. The van der Waals surface area contributed by atoms with Crippen LogP contribution in [0.2, 0.25) is 0 Å². The van der Waals surface area contributed by atoms with Gasteiger partial charge in [0.25, 0.3) is 5.91 Å². The van der Waals surface area contributed by atoms with Crippen LogP contribution < -0.4 is 10.1 Å². The molecule has 4 atom stereocenters. The van der Waals surface area contributed by atoms with E-state index in [0.717, 1.165) is 55.7 Å². The summed E-state index contributed by atoms with van der Waals surface area (Å²) in [6, 6.07) is 6.25. The van der Waals surface area contributed by atoms with Crippen molar-refractivity contribution < 1.29 is 14.3 Å². The molecule has 0 radical (unpaired) electrons. The Morgan fingerprint density at radius 3 is 2.82 bits per heavy atom. The maximum atomic E-state index is 13.1. The molecule has 2 saturated heterocycles. The molecule has 2 fully saturated rings. The van der Waals surface area contributed by atoms with Crippen molar-refractivity contribution in [1.29, 1.82) is 0 Å². The normalized spacial score (nSPS) is 25.8. The van der Waals surface area contributed by atoms with E-state index in [0.29, 0.717) is 35.5 Å². The number of methoxy groups -OCH3 is 1. The Kier molecular flexibility index (Phi) is 4.94. The van der Waals surface area contributed by atoms with Crippen LogP contribution in [0.5, 0.6) is 5.88 Å². The third kappa shape index (κ3) is 3.60. The Balaban J connectivity index is 1.23. The summed E-state index contributed by atoms with van der Waals surface area (Å²) in [6.45, 7) is 2.20. The highest BCUT2D eigenvalue weighted by molar-refractivity contribution is 6.05. The fraction of sp³-hybridized carbons (Fsp3) is 0.500. The van der Waals surface area contributed by atoms with Crippen molar-refractivity contribution in [1.82, 2.24) is 24.3 Å². The molecule has 3 aliphatic heterocycles. The van der Waals surface area contributed by atoms with Crippen LogP contribution in [-0.4, -0.2) is 49.5 Å². The van der Waals surface area contributed by atoms with Gasteiger partial charge in [-0.05, 0) is 51.2 Å². The first-order chi connectivity index (χ1) is 16.1. The van der Waals surface area contributed by atoms with E-state index in [4.69, 9.17) is 14.5 Å². The number of nitrogens with zero attached hydrogens (tertiary/aromatic N) is 5. The highest BCUT2D eigenvalue weighted by Crippen LogP contribution is 2.39. The zero-order valence-corrected chi connectivity index (χ0v) is 18.9. The standard InChI is InChI=1S/C24H28N6O3/c1-14-6-9-22-25-12-20(30(14)22)19-4-3-5-21(26-19)27-23(31)18-13-29(28-24(18)32-2)15-10-16-7-8-17(11-15)33-16/h3-5,12-17H,6-11H2,1-2H3,(H,26,27,31)/t14-,15?,16-,17+/m0/s1. The Bertz CT molecular complexity index is 1190. The van der Waals surface area contributed by atoms with Crippen LogP contribution in [-0.2, 0) is 11.2 Å². The number of amides is 1. The van der Waals surface area contributed by atoms with Crippen molar-refractivity contribution in [2.45, 2.75) is 69.7 Å². The molecule has 3 aliphatic rings. The lowest BCUT2D eigenvalue weighted by atomic mass is 10.0. The Morgan fingerprint density at radius 2 is 2.03 bits per heavy atom. The Labute approximate surface area is 192 Å². The predicted molar refractivity (Wildman–Crippen MR) is 121 cm³/mol. The first kappa shape index (κ1) is 20.4. The second-order valence-corrected chi connectivity index (χ2v) is 9.29. The minimum atomic E-state index is -0.287. The van der Waals surface area contributed by atoms with E-state index in [9.17, 15) is 4.79 Å². The molecule has 33 heavy (non-hydrogen) atoms. The molecule has 1 N–H and O–H groups in total. The van der Waals surface area contributed by atoms with Gasteiger partial charge in [-0.15, -0.1) is 5.10 Å². The first-order valence-corrected chi connectivity index (χ1v) is 11.7. The molecular formula is C24H28N6O3. The summed E-state index contributed by atoms with van der Waals surface area (Å²) >= 11 is 0. The number of pyridine rings is 1. The van der Waals surface area contributed by atoms with Gasteiger partial charge in [0.15, 0.2) is 0 Å². The van der Waals surface area contributed by atoms with Crippen LogP contribution in [0, 0.1) is 0 Å². The van der Waals surface area contributed by atoms with Crippen molar-refractivity contribution in [2.24, 2.45) is 0 Å². The van der Waals surface area contributed by atoms with Crippen LogP contribution in [0.3, 0.4) is 0 Å². The second-order valence-electron chi connectivity index (χ2n) is 9.29. The summed E-state index contributed by atoms with van der Waals surface area (Å²) in [5.41, 5.74) is 2.17. The lowest BCUT2D eigenvalue weighted by Crippen LogP contribution is -2.27. The zero-order valence-electron chi connectivity index (χ0n) is 18.9. The minimum absolute atomic E-state index is 0.221. The molecule has 9 nitrogen and oxygen atoms in total. The molecule has 1 amide bonds. The third-order valence-corrected chi connectivity index (χ3v) is 7.13. The summed E-state index contributed by atoms with van der Waals surface area (Å²) in [5.74, 6) is 1.61. The molecule has 0 saturated carbocycles. The summed E-state index contributed by atoms with van der Waals surface area (Å²) < 4.78 is 15.5. The van der Waals surface area contributed by atoms with Crippen molar-refractivity contribution in [3.63, 3.8) is 0 Å². The smallest absolute Gasteiger partial charge is 0.263 e. The summed E-state index contributed by atoms with van der Waals surface area (Å²) in [7, 11) is 1.54. The summed E-state index contributed by atoms with van der Waals surface area (Å²) in [6.07, 6.45) is 10.4. The van der Waals surface area contributed by atoms with Gasteiger partial charge in [-0.3, -0.25) is 9.48 Å². The molecule has 9 heteroatoms. The highest BCUT2D eigenvalue weighted by Gasteiger charge is 2.36. The number of aromatic nitrogens is 5. The fourth-order valence-electron chi connectivity index (χ4n) is 5.48. The number of aryl methyl sites for hydroxylation is 1. The van der Waals surface area contributed by atoms with Gasteiger partial charge in [0.1, 0.15) is 17.2 Å². The third-order valence-electron chi connectivity index (χ3n) is 7.13. The molecule has 0 aromatic carbocycles. The van der Waals surface area contributed by atoms with E-state index in [1.807, 2.05) is 23.0 Å². The van der Waals surface area contributed by atoms with Crippen molar-refractivity contribution in [2.75, 3.05) is 12.4 Å². The van der Waals surface area contributed by atoms with Gasteiger partial charge >= 0.3 is 0 Å². The van der Waals surface area contributed by atoms with E-state index in [1.165, 1.54) is 7.11 Å². The topological polar surface area (TPSA) is 96.1 Å². The van der Waals surface area contributed by atoms with E-state index in [-0.39, 0.29) is 11.9 Å². The molecule has 3 aromatic heterocycles. The van der Waals surface area contributed by atoms with E-state index in [2.05, 4.69) is 26.9 Å². The van der Waals surface area contributed by atoms with Crippen molar-refractivity contribution in [3.8, 4) is 17.3 Å². The van der Waals surface area contributed by atoms with Gasteiger partial charge in [0, 0.05) is 18.7 Å². The van der Waals surface area contributed by atoms with Gasteiger partial charge < -0.3 is 19.4 Å². The van der Waals surface area contributed by atoms with Crippen molar-refractivity contribution >= 4 is 11.7 Å². The number of carbonyl (C=O) groups is 1. The number of nitrogens with one attached hydrogen (secondary N) is 1. The molecule has 3 aromatic rings. The maximum Gasteiger partial charge on any atom is 0.263 e. The van der Waals surface area contributed by atoms with E-state index in [1.54, 1.807) is 12.3 Å². The number of ether oxygens (including phenoxy) is 2. The second kappa shape index (κ2) is 7.98. The molecule has 1 unspecified atom stereocenters. The summed E-state index contributed by atoms with van der Waals surface area (Å²) in [4.78, 5) is 22.4. The van der Waals surface area contributed by atoms with Gasteiger partial charge in [-0.1, -0.05) is 6.07 Å². The molecule has 0 aliphatic carbocycles. The minimum Gasteiger partial charge on any atom is -0.479 e. The van der Waals surface area contributed by atoms with Gasteiger partial charge in [-0.2, -0.15) is 0 Å². The average Bonchev–Trinajstić information content (AvgIpc) is 3.59. The van der Waals surface area contributed by atoms with E-state index < -0.39 is 0 Å². The van der Waals surface area contributed by atoms with Gasteiger partial charge in [-0.25, -0.2) is 9.97 Å². The number of anilines is 1. The van der Waals surface area contributed by atoms with Crippen LogP contribution in [0.25, 0.3) is 11.4 Å². The first-order valence-electron chi connectivity index (χ1n) is 11.7. The lowest BCUT2D eigenvalue weighted by molar-refractivity contribution is -0.0182. The molecule has 172 valence electrons.